The van der Waals surface area contributed by atoms with E-state index in [1.807, 2.05) is 45.0 Å². The van der Waals surface area contributed by atoms with Crippen LogP contribution in [-0.2, 0) is 9.59 Å². The molecule has 7 heteroatoms. The van der Waals surface area contributed by atoms with E-state index in [0.29, 0.717) is 31.1 Å². The van der Waals surface area contributed by atoms with Crippen molar-refractivity contribution in [2.24, 2.45) is 5.92 Å². The second-order valence-corrected chi connectivity index (χ2v) is 10.1. The van der Waals surface area contributed by atoms with Crippen molar-refractivity contribution < 1.29 is 14.4 Å². The van der Waals surface area contributed by atoms with Gasteiger partial charge in [0.15, 0.2) is 0 Å². The van der Waals surface area contributed by atoms with Crippen molar-refractivity contribution in [2.75, 3.05) is 45.8 Å². The van der Waals surface area contributed by atoms with Crippen LogP contribution in [-0.4, -0.2) is 95.2 Å². The highest BCUT2D eigenvalue weighted by Crippen LogP contribution is 2.41. The Balaban J connectivity index is 1.24. The van der Waals surface area contributed by atoms with Crippen LogP contribution in [0.4, 0.5) is 0 Å². The Morgan fingerprint density at radius 2 is 1.48 bits per heavy atom. The number of carbonyl (C=O) groups is 3. The lowest BCUT2D eigenvalue weighted by molar-refractivity contribution is -0.138. The normalized spacial score (nSPS) is 28.1. The summed E-state index contributed by atoms with van der Waals surface area (Å²) >= 11 is 0. The highest BCUT2D eigenvalue weighted by atomic mass is 16.2. The molecule has 3 amide bonds. The monoisotopic (exact) mass is 452 g/mol. The van der Waals surface area contributed by atoms with Gasteiger partial charge in [0.1, 0.15) is 6.04 Å². The van der Waals surface area contributed by atoms with Crippen LogP contribution in [0.15, 0.2) is 30.3 Å². The summed E-state index contributed by atoms with van der Waals surface area (Å²) in [5, 5.41) is 0. The summed E-state index contributed by atoms with van der Waals surface area (Å²) in [5.74, 6) is 0.740. The number of piperazine rings is 1. The average Bonchev–Trinajstić information content (AvgIpc) is 3.53. The van der Waals surface area contributed by atoms with Crippen molar-refractivity contribution in [3.63, 3.8) is 0 Å². The highest BCUT2D eigenvalue weighted by molar-refractivity contribution is 5.98. The summed E-state index contributed by atoms with van der Waals surface area (Å²) < 4.78 is 0. The quantitative estimate of drug-likeness (QED) is 0.703. The molecule has 178 valence electrons. The van der Waals surface area contributed by atoms with Gasteiger partial charge in [-0.2, -0.15) is 0 Å². The fourth-order valence-electron chi connectivity index (χ4n) is 6.30. The highest BCUT2D eigenvalue weighted by Gasteiger charge is 2.48. The van der Waals surface area contributed by atoms with Gasteiger partial charge in [-0.25, -0.2) is 0 Å². The molecule has 5 rings (SSSR count). The van der Waals surface area contributed by atoms with E-state index in [-0.39, 0.29) is 29.8 Å². The molecular formula is C26H36N4O3. The van der Waals surface area contributed by atoms with Crippen molar-refractivity contribution in [1.82, 2.24) is 19.6 Å². The van der Waals surface area contributed by atoms with Crippen LogP contribution in [0.5, 0.6) is 0 Å². The van der Waals surface area contributed by atoms with E-state index in [1.165, 1.54) is 6.42 Å². The van der Waals surface area contributed by atoms with Crippen molar-refractivity contribution >= 4 is 17.7 Å². The number of carbonyl (C=O) groups excluding carboxylic acids is 3. The van der Waals surface area contributed by atoms with E-state index >= 15 is 0 Å². The topological polar surface area (TPSA) is 64.2 Å². The van der Waals surface area contributed by atoms with Gasteiger partial charge in [0.2, 0.25) is 11.8 Å². The first-order valence-corrected chi connectivity index (χ1v) is 12.8. The molecule has 7 nitrogen and oxygen atoms in total. The number of nitrogens with zero attached hydrogens (tertiary/aromatic N) is 4. The third kappa shape index (κ3) is 4.65. The number of amides is 3. The number of hydrogen-bond donors (Lipinski definition) is 0. The smallest absolute Gasteiger partial charge is 0.254 e. The van der Waals surface area contributed by atoms with Crippen LogP contribution in [0.2, 0.25) is 0 Å². The van der Waals surface area contributed by atoms with Gasteiger partial charge >= 0.3 is 0 Å². The third-order valence-electron chi connectivity index (χ3n) is 8.13. The predicted octanol–water partition coefficient (Wildman–Crippen LogP) is 2.23. The Kier molecular flexibility index (Phi) is 6.67. The Hall–Kier alpha value is -2.41. The Morgan fingerprint density at radius 1 is 0.788 bits per heavy atom. The lowest BCUT2D eigenvalue weighted by Gasteiger charge is -2.38. The summed E-state index contributed by atoms with van der Waals surface area (Å²) in [7, 11) is 0. The van der Waals surface area contributed by atoms with E-state index in [9.17, 15) is 14.4 Å². The minimum Gasteiger partial charge on any atom is -0.342 e. The third-order valence-corrected chi connectivity index (χ3v) is 8.13. The molecule has 0 N–H and O–H groups in total. The summed E-state index contributed by atoms with van der Waals surface area (Å²) in [6.45, 7) is 4.92. The zero-order chi connectivity index (χ0) is 22.8. The predicted molar refractivity (Wildman–Crippen MR) is 126 cm³/mol. The lowest BCUT2D eigenvalue weighted by atomic mass is 9.84. The molecule has 33 heavy (non-hydrogen) atoms. The van der Waals surface area contributed by atoms with Gasteiger partial charge in [-0.05, 0) is 50.2 Å². The number of fused-ring (bicyclic) bond motifs is 1. The second kappa shape index (κ2) is 9.84. The largest absolute Gasteiger partial charge is 0.342 e. The molecule has 0 spiro atoms. The summed E-state index contributed by atoms with van der Waals surface area (Å²) in [5.41, 5.74) is 0.673. The number of likely N-dealkylation sites (tertiary alicyclic amines) is 2. The molecule has 4 aliphatic rings. The fourth-order valence-corrected chi connectivity index (χ4v) is 6.30. The molecular weight excluding hydrogens is 416 g/mol. The van der Waals surface area contributed by atoms with Gasteiger partial charge in [0.25, 0.3) is 5.91 Å². The Morgan fingerprint density at radius 3 is 2.21 bits per heavy atom. The van der Waals surface area contributed by atoms with Gasteiger partial charge < -0.3 is 14.7 Å². The van der Waals surface area contributed by atoms with Crippen molar-refractivity contribution in [3.8, 4) is 0 Å². The molecule has 1 aromatic rings. The van der Waals surface area contributed by atoms with Gasteiger partial charge in [-0.1, -0.05) is 31.0 Å². The number of benzene rings is 1. The standard InChI is InChI=1S/C26H36N4O3/c31-24(28-12-6-7-13-28)19-27-14-16-29(17-15-27)26(33)23-18-21-10-4-5-11-22(21)30(23)25(32)20-8-2-1-3-9-20/h1-3,8-9,21-23H,4-7,10-19H2. The summed E-state index contributed by atoms with van der Waals surface area (Å²) in [4.78, 5) is 47.7. The first-order chi connectivity index (χ1) is 16.1. The maximum atomic E-state index is 13.7. The molecule has 1 aromatic carbocycles. The second-order valence-electron chi connectivity index (χ2n) is 10.1. The first-order valence-electron chi connectivity index (χ1n) is 12.8. The minimum absolute atomic E-state index is 0.00167. The van der Waals surface area contributed by atoms with Crippen molar-refractivity contribution in [2.45, 2.75) is 57.0 Å². The van der Waals surface area contributed by atoms with E-state index in [1.54, 1.807) is 0 Å². The Labute approximate surface area is 196 Å². The summed E-state index contributed by atoms with van der Waals surface area (Å²) in [6.07, 6.45) is 7.43. The minimum atomic E-state index is -0.358. The first kappa shape index (κ1) is 22.4. The van der Waals surface area contributed by atoms with E-state index in [0.717, 1.165) is 64.7 Å². The van der Waals surface area contributed by atoms with Gasteiger partial charge in [-0.3, -0.25) is 19.3 Å². The van der Waals surface area contributed by atoms with E-state index in [4.69, 9.17) is 0 Å². The average molecular weight is 453 g/mol. The molecule has 0 radical (unpaired) electrons. The molecule has 3 aliphatic heterocycles. The SMILES string of the molecule is O=C(CN1CCN(C(=O)C2CC3CCCCC3N2C(=O)c2ccccc2)CC1)N1CCCC1. The van der Waals surface area contributed by atoms with Crippen LogP contribution >= 0.6 is 0 Å². The molecule has 1 saturated carbocycles. The molecule has 3 atom stereocenters. The zero-order valence-electron chi connectivity index (χ0n) is 19.5. The van der Waals surface area contributed by atoms with Crippen molar-refractivity contribution in [3.05, 3.63) is 35.9 Å². The molecule has 1 aliphatic carbocycles. The number of hydrogen-bond acceptors (Lipinski definition) is 4. The maximum Gasteiger partial charge on any atom is 0.254 e. The van der Waals surface area contributed by atoms with Gasteiger partial charge in [0, 0.05) is 50.9 Å². The summed E-state index contributed by atoms with van der Waals surface area (Å²) in [6, 6.07) is 9.23. The van der Waals surface area contributed by atoms with Crippen molar-refractivity contribution in [1.29, 1.82) is 0 Å². The Bertz CT molecular complexity index is 862. The molecule has 3 unspecified atom stereocenters. The number of rotatable bonds is 4. The molecule has 0 bridgehead atoms. The van der Waals surface area contributed by atoms with Crippen LogP contribution in [0, 0.1) is 5.92 Å². The van der Waals surface area contributed by atoms with Crippen LogP contribution in [0.3, 0.4) is 0 Å². The van der Waals surface area contributed by atoms with Gasteiger partial charge in [-0.15, -0.1) is 0 Å². The maximum absolute atomic E-state index is 13.7. The molecule has 3 saturated heterocycles. The lowest BCUT2D eigenvalue weighted by Crippen LogP contribution is -2.56. The van der Waals surface area contributed by atoms with Gasteiger partial charge in [0.05, 0.1) is 6.54 Å². The molecule has 3 heterocycles. The molecule has 4 fully saturated rings. The fraction of sp³-hybridized carbons (Fsp3) is 0.654. The van der Waals surface area contributed by atoms with Crippen LogP contribution in [0.25, 0.3) is 0 Å². The van der Waals surface area contributed by atoms with E-state index < -0.39 is 0 Å². The zero-order valence-corrected chi connectivity index (χ0v) is 19.5. The van der Waals surface area contributed by atoms with Crippen LogP contribution in [0.1, 0.15) is 55.3 Å². The van der Waals surface area contributed by atoms with Crippen LogP contribution < -0.4 is 0 Å². The van der Waals surface area contributed by atoms with E-state index in [2.05, 4.69) is 4.90 Å². The molecule has 0 aromatic heterocycles.